The van der Waals surface area contributed by atoms with Gasteiger partial charge in [0, 0.05) is 23.1 Å². The van der Waals surface area contributed by atoms with Crippen LogP contribution in [0.15, 0.2) is 72.8 Å². The van der Waals surface area contributed by atoms with Crippen LogP contribution in [0, 0.1) is 11.6 Å². The predicted molar refractivity (Wildman–Crippen MR) is 99.4 cm³/mol. The molecule has 0 saturated carbocycles. The van der Waals surface area contributed by atoms with Crippen LogP contribution in [0.4, 0.5) is 31.5 Å². The van der Waals surface area contributed by atoms with E-state index in [1.807, 2.05) is 0 Å². The maximum atomic E-state index is 13.8. The Morgan fingerprint density at radius 2 is 1.48 bits per heavy atom. The standard InChI is InChI=1S/C20H15F2N3O2/c21-13-6-11-18(17(22)12-13)24-19(26)20(27)25(15-4-2-1-3-5-15)16-9-7-14(23)8-10-16/h1-12H,23H2,(H,24,26). The van der Waals surface area contributed by atoms with Gasteiger partial charge >= 0.3 is 11.8 Å². The molecule has 2 amide bonds. The van der Waals surface area contributed by atoms with Crippen molar-refractivity contribution in [2.75, 3.05) is 16.0 Å². The van der Waals surface area contributed by atoms with Crippen LogP contribution >= 0.6 is 0 Å². The minimum absolute atomic E-state index is 0.292. The number of benzene rings is 3. The summed E-state index contributed by atoms with van der Waals surface area (Å²) in [4.78, 5) is 26.4. The molecule has 0 bridgehead atoms. The van der Waals surface area contributed by atoms with Crippen molar-refractivity contribution in [2.45, 2.75) is 0 Å². The maximum Gasteiger partial charge on any atom is 0.321 e. The van der Waals surface area contributed by atoms with Crippen molar-refractivity contribution in [1.29, 1.82) is 0 Å². The molecule has 3 aromatic carbocycles. The van der Waals surface area contributed by atoms with Crippen molar-refractivity contribution < 1.29 is 18.4 Å². The summed E-state index contributed by atoms with van der Waals surface area (Å²) in [5.41, 5.74) is 6.74. The molecule has 136 valence electrons. The Kier molecular flexibility index (Phi) is 5.12. The lowest BCUT2D eigenvalue weighted by Gasteiger charge is -2.22. The van der Waals surface area contributed by atoms with Crippen LogP contribution in [0.5, 0.6) is 0 Å². The van der Waals surface area contributed by atoms with E-state index >= 15 is 0 Å². The second-order valence-electron chi connectivity index (χ2n) is 5.65. The molecule has 0 saturated heterocycles. The third-order valence-electron chi connectivity index (χ3n) is 3.74. The van der Waals surface area contributed by atoms with Crippen molar-refractivity contribution in [3.05, 3.63) is 84.4 Å². The average Bonchev–Trinajstić information content (AvgIpc) is 2.66. The Labute approximate surface area is 154 Å². The van der Waals surface area contributed by atoms with E-state index in [0.717, 1.165) is 12.1 Å². The number of nitrogens with two attached hydrogens (primary N) is 1. The number of amides is 2. The average molecular weight is 367 g/mol. The third-order valence-corrected chi connectivity index (χ3v) is 3.74. The minimum atomic E-state index is -1.07. The van der Waals surface area contributed by atoms with Gasteiger partial charge in [-0.05, 0) is 48.5 Å². The van der Waals surface area contributed by atoms with Gasteiger partial charge in [0.25, 0.3) is 0 Å². The zero-order valence-electron chi connectivity index (χ0n) is 14.0. The van der Waals surface area contributed by atoms with E-state index in [0.29, 0.717) is 23.1 Å². The van der Waals surface area contributed by atoms with Crippen LogP contribution < -0.4 is 16.0 Å². The molecule has 0 unspecified atom stereocenters. The highest BCUT2D eigenvalue weighted by Gasteiger charge is 2.25. The van der Waals surface area contributed by atoms with E-state index in [1.165, 1.54) is 4.90 Å². The molecule has 0 fully saturated rings. The number of nitrogen functional groups attached to an aromatic ring is 1. The molecule has 0 aliphatic carbocycles. The first kappa shape index (κ1) is 18.1. The topological polar surface area (TPSA) is 75.4 Å². The fourth-order valence-electron chi connectivity index (χ4n) is 2.45. The van der Waals surface area contributed by atoms with Crippen molar-refractivity contribution in [3.8, 4) is 0 Å². The van der Waals surface area contributed by atoms with Crippen LogP contribution in [0.1, 0.15) is 0 Å². The Morgan fingerprint density at radius 1 is 0.852 bits per heavy atom. The van der Waals surface area contributed by atoms with E-state index in [2.05, 4.69) is 5.32 Å². The van der Waals surface area contributed by atoms with Crippen molar-refractivity contribution >= 4 is 34.6 Å². The molecule has 0 radical (unpaired) electrons. The monoisotopic (exact) mass is 367 g/mol. The highest BCUT2D eigenvalue weighted by molar-refractivity contribution is 6.45. The number of anilines is 4. The number of carbonyl (C=O) groups excluding carboxylic acids is 2. The van der Waals surface area contributed by atoms with Gasteiger partial charge < -0.3 is 11.1 Å². The van der Waals surface area contributed by atoms with Crippen LogP contribution in [-0.4, -0.2) is 11.8 Å². The Morgan fingerprint density at radius 3 is 2.11 bits per heavy atom. The van der Waals surface area contributed by atoms with E-state index in [4.69, 9.17) is 5.73 Å². The van der Waals surface area contributed by atoms with Gasteiger partial charge in [0.1, 0.15) is 11.6 Å². The molecule has 3 N–H and O–H groups in total. The summed E-state index contributed by atoms with van der Waals surface area (Å²) >= 11 is 0. The van der Waals surface area contributed by atoms with Crippen molar-refractivity contribution in [1.82, 2.24) is 0 Å². The number of halogens is 2. The van der Waals surface area contributed by atoms with Gasteiger partial charge in [-0.25, -0.2) is 8.78 Å². The van der Waals surface area contributed by atoms with Gasteiger partial charge in [0.05, 0.1) is 5.69 Å². The normalized spacial score (nSPS) is 10.3. The van der Waals surface area contributed by atoms with E-state index in [1.54, 1.807) is 54.6 Å². The lowest BCUT2D eigenvalue weighted by Crippen LogP contribution is -2.37. The third kappa shape index (κ3) is 4.09. The molecule has 7 heteroatoms. The predicted octanol–water partition coefficient (Wildman–Crippen LogP) is 3.85. The quantitative estimate of drug-likeness (QED) is 0.545. The van der Waals surface area contributed by atoms with Crippen LogP contribution in [0.2, 0.25) is 0 Å². The zero-order chi connectivity index (χ0) is 19.4. The van der Waals surface area contributed by atoms with Gasteiger partial charge in [0.2, 0.25) is 0 Å². The Balaban J connectivity index is 1.92. The summed E-state index contributed by atoms with van der Waals surface area (Å²) in [6, 6.07) is 17.5. The maximum absolute atomic E-state index is 13.8. The second-order valence-corrected chi connectivity index (χ2v) is 5.65. The van der Waals surface area contributed by atoms with Gasteiger partial charge in [-0.1, -0.05) is 18.2 Å². The molecular weight excluding hydrogens is 352 g/mol. The van der Waals surface area contributed by atoms with E-state index in [9.17, 15) is 18.4 Å². The molecule has 0 aliphatic rings. The first-order valence-corrected chi connectivity index (χ1v) is 7.97. The van der Waals surface area contributed by atoms with Gasteiger partial charge in [0.15, 0.2) is 0 Å². The number of hydrogen-bond acceptors (Lipinski definition) is 3. The van der Waals surface area contributed by atoms with Gasteiger partial charge in [-0.3, -0.25) is 14.5 Å². The summed E-state index contributed by atoms with van der Waals surface area (Å²) in [6.07, 6.45) is 0. The smallest absolute Gasteiger partial charge is 0.321 e. The largest absolute Gasteiger partial charge is 0.399 e. The summed E-state index contributed by atoms with van der Waals surface area (Å²) in [7, 11) is 0. The molecule has 0 atom stereocenters. The number of carbonyl (C=O) groups is 2. The van der Waals surface area contributed by atoms with Crippen molar-refractivity contribution in [2.24, 2.45) is 0 Å². The molecule has 27 heavy (non-hydrogen) atoms. The number of nitrogens with zero attached hydrogens (tertiary/aromatic N) is 1. The zero-order valence-corrected chi connectivity index (χ0v) is 14.0. The fraction of sp³-hybridized carbons (Fsp3) is 0. The molecule has 3 aromatic rings. The van der Waals surface area contributed by atoms with E-state index in [-0.39, 0.29) is 5.69 Å². The summed E-state index contributed by atoms with van der Waals surface area (Å²) in [5.74, 6) is -3.77. The molecule has 0 aliphatic heterocycles. The SMILES string of the molecule is Nc1ccc(N(C(=O)C(=O)Nc2ccc(F)cc2F)c2ccccc2)cc1. The highest BCUT2D eigenvalue weighted by Crippen LogP contribution is 2.26. The summed E-state index contributed by atoms with van der Waals surface area (Å²) in [5, 5.41) is 2.17. The first-order valence-electron chi connectivity index (χ1n) is 7.97. The second kappa shape index (κ2) is 7.65. The van der Waals surface area contributed by atoms with Gasteiger partial charge in [-0.2, -0.15) is 0 Å². The first-order chi connectivity index (χ1) is 13.0. The van der Waals surface area contributed by atoms with Crippen LogP contribution in [-0.2, 0) is 9.59 Å². The van der Waals surface area contributed by atoms with Crippen LogP contribution in [0.25, 0.3) is 0 Å². The lowest BCUT2D eigenvalue weighted by atomic mass is 10.2. The Bertz CT molecular complexity index is 976. The number of hydrogen-bond donors (Lipinski definition) is 2. The Hall–Kier alpha value is -3.74. The molecule has 0 spiro atoms. The summed E-state index contributed by atoms with van der Waals surface area (Å²) in [6.45, 7) is 0. The number of rotatable bonds is 3. The number of para-hydroxylation sites is 1. The van der Waals surface area contributed by atoms with Gasteiger partial charge in [-0.15, -0.1) is 0 Å². The molecule has 5 nitrogen and oxygen atoms in total. The highest BCUT2D eigenvalue weighted by atomic mass is 19.1. The van der Waals surface area contributed by atoms with Crippen LogP contribution in [0.3, 0.4) is 0 Å². The summed E-state index contributed by atoms with van der Waals surface area (Å²) < 4.78 is 26.8. The van der Waals surface area contributed by atoms with E-state index < -0.39 is 23.4 Å². The molecule has 0 aromatic heterocycles. The molecule has 3 rings (SSSR count). The minimum Gasteiger partial charge on any atom is -0.399 e. The lowest BCUT2D eigenvalue weighted by molar-refractivity contribution is -0.134. The van der Waals surface area contributed by atoms with Crippen molar-refractivity contribution in [3.63, 3.8) is 0 Å². The fourth-order valence-corrected chi connectivity index (χ4v) is 2.45. The molecule has 0 heterocycles. The number of nitrogens with one attached hydrogen (secondary N) is 1. The molecular formula is C20H15F2N3O2.